The Morgan fingerprint density at radius 1 is 1.45 bits per heavy atom. The molecular formula is C15H18N2O2S. The number of hydrogen-bond donors (Lipinski definition) is 2. The zero-order valence-corrected chi connectivity index (χ0v) is 12.3. The Hall–Kier alpha value is -1.75. The fourth-order valence-corrected chi connectivity index (χ4v) is 3.13. The minimum atomic E-state index is -0.0513. The molecule has 0 aliphatic heterocycles. The van der Waals surface area contributed by atoms with Gasteiger partial charge in [-0.2, -0.15) is 0 Å². The maximum atomic E-state index is 11.5. The quantitative estimate of drug-likeness (QED) is 0.889. The van der Waals surface area contributed by atoms with Gasteiger partial charge in [0.15, 0.2) is 0 Å². The highest BCUT2D eigenvalue weighted by Crippen LogP contribution is 2.29. The monoisotopic (exact) mass is 290 g/mol. The van der Waals surface area contributed by atoms with Gasteiger partial charge in [-0.1, -0.05) is 0 Å². The Labute approximate surface area is 122 Å². The summed E-state index contributed by atoms with van der Waals surface area (Å²) < 4.78 is 6.52. The number of fused-ring (bicyclic) bond motifs is 1. The molecule has 0 unspecified atom stereocenters. The number of thiophene rings is 1. The van der Waals surface area contributed by atoms with Gasteiger partial charge in [-0.05, 0) is 53.8 Å². The van der Waals surface area contributed by atoms with Crippen molar-refractivity contribution in [3.63, 3.8) is 0 Å². The minimum absolute atomic E-state index is 0.0513. The summed E-state index contributed by atoms with van der Waals surface area (Å²) >= 11 is 1.73. The number of hydrogen-bond acceptors (Lipinski definition) is 3. The lowest BCUT2D eigenvalue weighted by Gasteiger charge is -2.06. The molecule has 1 aromatic carbocycles. The van der Waals surface area contributed by atoms with Gasteiger partial charge >= 0.3 is 6.03 Å². The van der Waals surface area contributed by atoms with E-state index in [0.29, 0.717) is 12.6 Å². The molecule has 1 saturated carbocycles. The molecule has 0 atom stereocenters. The number of nitrogens with one attached hydrogen (secondary N) is 2. The lowest BCUT2D eigenvalue weighted by Crippen LogP contribution is -2.37. The van der Waals surface area contributed by atoms with Gasteiger partial charge in [0.05, 0.1) is 7.11 Å². The van der Waals surface area contributed by atoms with Gasteiger partial charge < -0.3 is 15.4 Å². The molecule has 0 saturated heterocycles. The number of benzene rings is 1. The van der Waals surface area contributed by atoms with Gasteiger partial charge in [0.25, 0.3) is 0 Å². The fraction of sp³-hybridized carbons (Fsp3) is 0.400. The van der Waals surface area contributed by atoms with Gasteiger partial charge in [0, 0.05) is 17.3 Å². The van der Waals surface area contributed by atoms with E-state index in [-0.39, 0.29) is 6.03 Å². The first kappa shape index (κ1) is 13.2. The van der Waals surface area contributed by atoms with Gasteiger partial charge in [-0.15, -0.1) is 11.3 Å². The molecule has 2 N–H and O–H groups in total. The average Bonchev–Trinajstić information content (AvgIpc) is 3.18. The Bertz CT molecular complexity index is 619. The first-order valence-corrected chi connectivity index (χ1v) is 7.72. The van der Waals surface area contributed by atoms with E-state index < -0.39 is 0 Å². The zero-order valence-electron chi connectivity index (χ0n) is 11.4. The molecule has 4 nitrogen and oxygen atoms in total. The second-order valence-corrected chi connectivity index (χ2v) is 5.96. The summed E-state index contributed by atoms with van der Waals surface area (Å²) in [6, 6.07) is 6.47. The van der Waals surface area contributed by atoms with Crippen LogP contribution in [0.25, 0.3) is 10.1 Å². The molecule has 2 amide bonds. The summed E-state index contributed by atoms with van der Waals surface area (Å²) in [7, 11) is 1.68. The van der Waals surface area contributed by atoms with Crippen molar-refractivity contribution in [3.05, 3.63) is 29.1 Å². The van der Waals surface area contributed by atoms with E-state index >= 15 is 0 Å². The predicted molar refractivity (Wildman–Crippen MR) is 81.6 cm³/mol. The maximum absolute atomic E-state index is 11.5. The van der Waals surface area contributed by atoms with Crippen molar-refractivity contribution >= 4 is 27.5 Å². The normalized spacial score (nSPS) is 14.2. The van der Waals surface area contributed by atoms with Crippen LogP contribution in [0, 0.1) is 0 Å². The van der Waals surface area contributed by atoms with Crippen LogP contribution >= 0.6 is 11.3 Å². The maximum Gasteiger partial charge on any atom is 0.315 e. The number of carbonyl (C=O) groups excluding carboxylic acids is 1. The van der Waals surface area contributed by atoms with Crippen molar-refractivity contribution in [2.24, 2.45) is 0 Å². The smallest absolute Gasteiger partial charge is 0.315 e. The summed E-state index contributed by atoms with van der Waals surface area (Å²) in [5.41, 5.74) is 1.26. The minimum Gasteiger partial charge on any atom is -0.497 e. The number of amides is 2. The SMILES string of the molecule is COc1ccc2scc(CCNC(=O)NC3CC3)c2c1. The van der Waals surface area contributed by atoms with Crippen LogP contribution in [0.5, 0.6) is 5.75 Å². The van der Waals surface area contributed by atoms with Crippen LogP contribution in [-0.2, 0) is 6.42 Å². The molecule has 0 bridgehead atoms. The van der Waals surface area contributed by atoms with E-state index in [0.717, 1.165) is 25.0 Å². The molecule has 2 aromatic rings. The number of methoxy groups -OCH3 is 1. The summed E-state index contributed by atoms with van der Waals surface area (Å²) in [5.74, 6) is 0.872. The second kappa shape index (κ2) is 5.71. The van der Waals surface area contributed by atoms with Gasteiger partial charge in [-0.25, -0.2) is 4.79 Å². The van der Waals surface area contributed by atoms with E-state index in [1.54, 1.807) is 18.4 Å². The topological polar surface area (TPSA) is 50.4 Å². The van der Waals surface area contributed by atoms with Crippen LogP contribution in [0.1, 0.15) is 18.4 Å². The zero-order chi connectivity index (χ0) is 13.9. The molecule has 1 fully saturated rings. The lowest BCUT2D eigenvalue weighted by molar-refractivity contribution is 0.240. The van der Waals surface area contributed by atoms with Crippen molar-refractivity contribution in [1.29, 1.82) is 0 Å². The third-order valence-electron chi connectivity index (χ3n) is 3.45. The van der Waals surface area contributed by atoms with E-state index in [2.05, 4.69) is 28.1 Å². The Morgan fingerprint density at radius 3 is 3.05 bits per heavy atom. The summed E-state index contributed by atoms with van der Waals surface area (Å²) in [5, 5.41) is 9.21. The first-order chi connectivity index (χ1) is 9.76. The summed E-state index contributed by atoms with van der Waals surface area (Å²) in [6.45, 7) is 0.654. The van der Waals surface area contributed by atoms with Crippen molar-refractivity contribution in [3.8, 4) is 5.75 Å². The van der Waals surface area contributed by atoms with Crippen LogP contribution in [-0.4, -0.2) is 25.7 Å². The summed E-state index contributed by atoms with van der Waals surface area (Å²) in [6.07, 6.45) is 3.07. The van der Waals surface area contributed by atoms with E-state index in [9.17, 15) is 4.79 Å². The van der Waals surface area contributed by atoms with Crippen molar-refractivity contribution < 1.29 is 9.53 Å². The molecule has 1 aliphatic rings. The van der Waals surface area contributed by atoms with Crippen LogP contribution < -0.4 is 15.4 Å². The number of carbonyl (C=O) groups is 1. The van der Waals surface area contributed by atoms with E-state index in [4.69, 9.17) is 4.74 Å². The molecule has 1 aliphatic carbocycles. The molecule has 106 valence electrons. The molecular weight excluding hydrogens is 272 g/mol. The molecule has 1 heterocycles. The Morgan fingerprint density at radius 2 is 2.30 bits per heavy atom. The fourth-order valence-electron chi connectivity index (χ4n) is 2.16. The number of ether oxygens (including phenoxy) is 1. The molecule has 20 heavy (non-hydrogen) atoms. The van der Waals surface area contributed by atoms with Gasteiger partial charge in [0.2, 0.25) is 0 Å². The van der Waals surface area contributed by atoms with E-state index in [1.165, 1.54) is 15.6 Å². The molecule has 1 aromatic heterocycles. The van der Waals surface area contributed by atoms with Gasteiger partial charge in [0.1, 0.15) is 5.75 Å². The average molecular weight is 290 g/mol. The first-order valence-electron chi connectivity index (χ1n) is 6.85. The van der Waals surface area contributed by atoms with Crippen LogP contribution in [0.3, 0.4) is 0 Å². The standard InChI is InChI=1S/C15H18N2O2S/c1-19-12-4-5-14-13(8-12)10(9-20-14)6-7-16-15(18)17-11-2-3-11/h4-5,8-9,11H,2-3,6-7H2,1H3,(H2,16,17,18). The van der Waals surface area contributed by atoms with Crippen molar-refractivity contribution in [1.82, 2.24) is 10.6 Å². The van der Waals surface area contributed by atoms with Crippen LogP contribution in [0.15, 0.2) is 23.6 Å². The number of urea groups is 1. The second-order valence-electron chi connectivity index (χ2n) is 5.05. The highest BCUT2D eigenvalue weighted by molar-refractivity contribution is 7.17. The Balaban J connectivity index is 1.60. The molecule has 5 heteroatoms. The van der Waals surface area contributed by atoms with Crippen molar-refractivity contribution in [2.45, 2.75) is 25.3 Å². The molecule has 0 spiro atoms. The van der Waals surface area contributed by atoms with Gasteiger partial charge in [-0.3, -0.25) is 0 Å². The summed E-state index contributed by atoms with van der Waals surface area (Å²) in [4.78, 5) is 11.5. The Kier molecular flexibility index (Phi) is 3.78. The lowest BCUT2D eigenvalue weighted by atomic mass is 10.1. The van der Waals surface area contributed by atoms with Crippen molar-refractivity contribution in [2.75, 3.05) is 13.7 Å². The highest BCUT2D eigenvalue weighted by atomic mass is 32.1. The highest BCUT2D eigenvalue weighted by Gasteiger charge is 2.22. The van der Waals surface area contributed by atoms with Crippen LogP contribution in [0.4, 0.5) is 4.79 Å². The molecule has 0 radical (unpaired) electrons. The van der Waals surface area contributed by atoms with E-state index in [1.807, 2.05) is 6.07 Å². The largest absolute Gasteiger partial charge is 0.497 e. The number of rotatable bonds is 5. The molecule has 3 rings (SSSR count). The van der Waals surface area contributed by atoms with Crippen LogP contribution in [0.2, 0.25) is 0 Å². The third-order valence-corrected chi connectivity index (χ3v) is 4.47. The predicted octanol–water partition coefficient (Wildman–Crippen LogP) is 2.91. The third kappa shape index (κ3) is 3.04.